The van der Waals surface area contributed by atoms with Gasteiger partial charge in [-0.05, 0) is 20.3 Å². The summed E-state index contributed by atoms with van der Waals surface area (Å²) in [6.07, 6.45) is 8.43. The molecule has 17 atom stereocenters. The van der Waals surface area contributed by atoms with Gasteiger partial charge >= 0.3 is 5.97 Å². The van der Waals surface area contributed by atoms with E-state index >= 15 is 0 Å². The molecule has 10 unspecified atom stereocenters. The standard InChI is InChI=1S/C47H71NO15/c1-28-18-16-14-12-10-8-6-7-9-11-13-15-17-19-36(62-46-45(58)42(48)44(57)32(5)61-46)25-40-30(3)38(53)26-47(59,63-40)27-39(54)37(52)21-20-33(49)22-34(50)23-35(51)24-41(55)60-31(4)29(2)43(28)56/h6-19,28-32,34-40,42,44-46,50-54,57-59H,20-27,48H2,1-5H3/b7-6-,10-8-,11-9-,14-12-,15-13-,18-16-,19-17-/t28-,29-,30?,31-,32?,34+,35+,36?,37?,38-,39?,40?,42?,44?,45?,46?,47-/m0/s1. The van der Waals surface area contributed by atoms with E-state index in [0.29, 0.717) is 0 Å². The number of Topliss-reactive ketones (excluding diaryl/α,β-unsaturated/α-hetero) is 2. The van der Waals surface area contributed by atoms with Crippen molar-refractivity contribution in [3.8, 4) is 0 Å². The topological polar surface area (TPSA) is 276 Å². The van der Waals surface area contributed by atoms with E-state index in [0.717, 1.165) is 0 Å². The summed E-state index contributed by atoms with van der Waals surface area (Å²) in [7, 11) is 0. The predicted octanol–water partition coefficient (Wildman–Crippen LogP) is 2.06. The summed E-state index contributed by atoms with van der Waals surface area (Å²) in [5, 5.41) is 86.3. The number of carbonyl (C=O) groups is 3. The SMILES string of the molecule is CC1OC(OC2\C=C/C=C\C=C/C=C\C=C/C=C\C=C/[C@H](C)C(=O)[C@@H](C)[C@H](C)OC(=O)C[C@H](O)C[C@H](O)CC(=O)CCC(O)C(O)C[C@]3(O)C[C@H](O)C(C)C(C2)O3)C(O)C(N)C1O. The Bertz CT molecular complexity index is 1660. The van der Waals surface area contributed by atoms with E-state index < -0.39 is 134 Å². The van der Waals surface area contributed by atoms with Crippen LogP contribution in [0.5, 0.6) is 0 Å². The largest absolute Gasteiger partial charge is 0.462 e. The second-order valence-electron chi connectivity index (χ2n) is 17.1. The highest BCUT2D eigenvalue weighted by Crippen LogP contribution is 2.37. The molecular weight excluding hydrogens is 819 g/mol. The summed E-state index contributed by atoms with van der Waals surface area (Å²) in [6, 6.07) is -1.06. The summed E-state index contributed by atoms with van der Waals surface area (Å²) in [5.41, 5.74) is 6.05. The van der Waals surface area contributed by atoms with Crippen molar-refractivity contribution in [1.29, 1.82) is 0 Å². The van der Waals surface area contributed by atoms with Gasteiger partial charge in [0.1, 0.15) is 23.8 Å². The van der Waals surface area contributed by atoms with E-state index in [-0.39, 0.29) is 37.9 Å². The first-order chi connectivity index (χ1) is 29.7. The van der Waals surface area contributed by atoms with Crippen molar-refractivity contribution in [2.75, 3.05) is 0 Å². The van der Waals surface area contributed by atoms with Crippen molar-refractivity contribution in [3.05, 3.63) is 85.1 Å². The van der Waals surface area contributed by atoms with Crippen LogP contribution >= 0.6 is 0 Å². The molecule has 2 bridgehead atoms. The Labute approximate surface area is 370 Å². The molecule has 0 spiro atoms. The fourth-order valence-electron chi connectivity index (χ4n) is 7.51. The Morgan fingerprint density at radius 1 is 0.667 bits per heavy atom. The molecule has 3 heterocycles. The molecule has 16 nitrogen and oxygen atoms in total. The van der Waals surface area contributed by atoms with Crippen LogP contribution in [0.1, 0.15) is 86.0 Å². The zero-order valence-electron chi connectivity index (χ0n) is 37.0. The number of hydrogen-bond acceptors (Lipinski definition) is 16. The van der Waals surface area contributed by atoms with E-state index in [1.54, 1.807) is 89.3 Å². The van der Waals surface area contributed by atoms with Gasteiger partial charge in [0.15, 0.2) is 12.1 Å². The van der Waals surface area contributed by atoms with Gasteiger partial charge in [0, 0.05) is 50.4 Å². The third-order valence-corrected chi connectivity index (χ3v) is 11.7. The number of nitrogens with two attached hydrogens (primary N) is 1. The number of ketones is 2. The quantitative estimate of drug-likeness (QED) is 0.180. The maximum atomic E-state index is 13.0. The van der Waals surface area contributed by atoms with Crippen molar-refractivity contribution < 1.29 is 74.2 Å². The number of fused-ring (bicyclic) bond motifs is 2. The van der Waals surface area contributed by atoms with Crippen LogP contribution in [0.25, 0.3) is 0 Å². The average molecular weight is 890 g/mol. The van der Waals surface area contributed by atoms with Crippen LogP contribution in [0.2, 0.25) is 0 Å². The number of allylic oxidation sites excluding steroid dienone is 13. The fourth-order valence-corrected chi connectivity index (χ4v) is 7.51. The minimum atomic E-state index is -2.11. The monoisotopic (exact) mass is 889 g/mol. The molecule has 63 heavy (non-hydrogen) atoms. The molecule has 0 aromatic heterocycles. The predicted molar refractivity (Wildman–Crippen MR) is 233 cm³/mol. The van der Waals surface area contributed by atoms with Crippen molar-refractivity contribution in [3.63, 3.8) is 0 Å². The summed E-state index contributed by atoms with van der Waals surface area (Å²) >= 11 is 0. The molecular formula is C47H71NO15. The highest BCUT2D eigenvalue weighted by atomic mass is 16.7. The van der Waals surface area contributed by atoms with E-state index in [4.69, 9.17) is 24.7 Å². The van der Waals surface area contributed by atoms with E-state index in [9.17, 15) is 55.2 Å². The van der Waals surface area contributed by atoms with Crippen LogP contribution in [0.15, 0.2) is 85.1 Å². The number of ether oxygens (including phenoxy) is 4. The van der Waals surface area contributed by atoms with Crippen LogP contribution in [0.3, 0.4) is 0 Å². The Morgan fingerprint density at radius 2 is 1.21 bits per heavy atom. The number of esters is 1. The molecule has 3 aliphatic heterocycles. The number of aliphatic hydroxyl groups is 8. The maximum Gasteiger partial charge on any atom is 0.308 e. The van der Waals surface area contributed by atoms with E-state index in [2.05, 4.69) is 0 Å². The minimum Gasteiger partial charge on any atom is -0.462 e. The minimum absolute atomic E-state index is 0.0274. The van der Waals surface area contributed by atoms with Gasteiger partial charge in [-0.15, -0.1) is 0 Å². The molecule has 16 heteroatoms. The van der Waals surface area contributed by atoms with Crippen molar-refractivity contribution in [1.82, 2.24) is 0 Å². The van der Waals surface area contributed by atoms with Gasteiger partial charge < -0.3 is 65.5 Å². The van der Waals surface area contributed by atoms with Crippen molar-refractivity contribution in [2.24, 2.45) is 23.5 Å². The number of cyclic esters (lactones) is 1. The van der Waals surface area contributed by atoms with Gasteiger partial charge in [0.2, 0.25) is 0 Å². The normalized spacial score (nSPS) is 44.3. The molecule has 0 saturated carbocycles. The highest BCUT2D eigenvalue weighted by molar-refractivity contribution is 5.85. The lowest BCUT2D eigenvalue weighted by Gasteiger charge is -2.46. The smallest absolute Gasteiger partial charge is 0.308 e. The Morgan fingerprint density at radius 3 is 1.81 bits per heavy atom. The number of hydrogen-bond donors (Lipinski definition) is 9. The molecule has 354 valence electrons. The Kier molecular flexibility index (Phi) is 22.6. The lowest BCUT2D eigenvalue weighted by atomic mass is 9.83. The fraction of sp³-hybridized carbons (Fsp3) is 0.638. The van der Waals surface area contributed by atoms with Gasteiger partial charge in [0.05, 0.1) is 73.3 Å². The Hall–Kier alpha value is -3.49. The zero-order chi connectivity index (χ0) is 46.9. The summed E-state index contributed by atoms with van der Waals surface area (Å²) in [5.74, 6) is -5.16. The molecule has 3 rings (SSSR count). The molecule has 0 aliphatic carbocycles. The summed E-state index contributed by atoms with van der Waals surface area (Å²) < 4.78 is 23.4. The first-order valence-electron chi connectivity index (χ1n) is 21.9. The highest BCUT2D eigenvalue weighted by Gasteiger charge is 2.47. The van der Waals surface area contributed by atoms with Crippen LogP contribution in [-0.2, 0) is 33.3 Å². The van der Waals surface area contributed by atoms with Gasteiger partial charge in [-0.3, -0.25) is 14.4 Å². The molecule has 0 radical (unpaired) electrons. The molecule has 0 amide bonds. The maximum absolute atomic E-state index is 13.0. The number of carbonyl (C=O) groups excluding carboxylic acids is 3. The van der Waals surface area contributed by atoms with Crippen LogP contribution in [-0.4, -0.2) is 144 Å². The lowest BCUT2D eigenvalue weighted by Crippen LogP contribution is -2.61. The van der Waals surface area contributed by atoms with Crippen LogP contribution in [0.4, 0.5) is 0 Å². The molecule has 2 saturated heterocycles. The van der Waals surface area contributed by atoms with Crippen LogP contribution in [0, 0.1) is 17.8 Å². The number of rotatable bonds is 2. The molecule has 10 N–H and O–H groups in total. The summed E-state index contributed by atoms with van der Waals surface area (Å²) in [4.78, 5) is 38.3. The average Bonchev–Trinajstić information content (AvgIpc) is 3.21. The summed E-state index contributed by atoms with van der Waals surface area (Å²) in [6.45, 7) is 8.29. The van der Waals surface area contributed by atoms with Crippen molar-refractivity contribution >= 4 is 17.5 Å². The molecule has 0 aromatic carbocycles. The second kappa shape index (κ2) is 26.5. The molecule has 3 aliphatic rings. The molecule has 2 fully saturated rings. The third-order valence-electron chi connectivity index (χ3n) is 11.7. The first kappa shape index (κ1) is 53.8. The third kappa shape index (κ3) is 18.1. The Balaban J connectivity index is 1.81. The van der Waals surface area contributed by atoms with Gasteiger partial charge in [-0.25, -0.2) is 0 Å². The van der Waals surface area contributed by atoms with Crippen LogP contribution < -0.4 is 5.73 Å². The zero-order valence-corrected chi connectivity index (χ0v) is 37.0. The molecule has 0 aromatic rings. The van der Waals surface area contributed by atoms with Crippen molar-refractivity contribution in [2.45, 2.75) is 171 Å². The second-order valence-corrected chi connectivity index (χ2v) is 17.1. The first-order valence-corrected chi connectivity index (χ1v) is 21.9. The van der Waals surface area contributed by atoms with Gasteiger partial charge in [-0.1, -0.05) is 106 Å². The lowest BCUT2D eigenvalue weighted by molar-refractivity contribution is -0.310. The van der Waals surface area contributed by atoms with E-state index in [1.165, 1.54) is 0 Å². The number of aliphatic hydroxyl groups excluding tert-OH is 7. The van der Waals surface area contributed by atoms with Gasteiger partial charge in [0.25, 0.3) is 0 Å². The van der Waals surface area contributed by atoms with Gasteiger partial charge in [-0.2, -0.15) is 0 Å². The van der Waals surface area contributed by atoms with E-state index in [1.807, 2.05) is 30.4 Å².